The van der Waals surface area contributed by atoms with Crippen LogP contribution in [0.3, 0.4) is 0 Å². The van der Waals surface area contributed by atoms with Crippen LogP contribution < -0.4 is 14.8 Å². The summed E-state index contributed by atoms with van der Waals surface area (Å²) in [5.41, 5.74) is 1.27. The molecule has 1 fully saturated rings. The van der Waals surface area contributed by atoms with E-state index in [1.165, 1.54) is 12.0 Å². The monoisotopic (exact) mass is 264 g/mol. The summed E-state index contributed by atoms with van der Waals surface area (Å²) in [7, 11) is 3.35. The Morgan fingerprint density at radius 2 is 2.05 bits per heavy atom. The van der Waals surface area contributed by atoms with Gasteiger partial charge in [0.25, 0.3) is 0 Å². The second kappa shape index (κ2) is 6.78. The smallest absolute Gasteiger partial charge is 0.161 e. The second-order valence-electron chi connectivity index (χ2n) is 5.07. The molecule has 19 heavy (non-hydrogen) atoms. The first-order valence-corrected chi connectivity index (χ1v) is 6.90. The molecule has 1 saturated heterocycles. The van der Waals surface area contributed by atoms with Gasteiger partial charge in [0.15, 0.2) is 11.5 Å². The first-order valence-electron chi connectivity index (χ1n) is 6.90. The van der Waals surface area contributed by atoms with Gasteiger partial charge < -0.3 is 14.8 Å². The lowest BCUT2D eigenvalue weighted by Gasteiger charge is -2.26. The number of hydrogen-bond donors (Lipinski definition) is 1. The predicted octanol–water partition coefficient (Wildman–Crippen LogP) is 1.89. The standard InChI is InChI=1S/C15H24N2O2/c1-12-10-16-7-4-8-17(12)11-13-5-6-14(18-2)15(9-13)19-3/h5-6,9,12,16H,4,7-8,10-11H2,1-3H3. The number of ether oxygens (including phenoxy) is 2. The van der Waals surface area contributed by atoms with Crippen LogP contribution in [0.2, 0.25) is 0 Å². The van der Waals surface area contributed by atoms with Crippen LogP contribution in [0, 0.1) is 0 Å². The second-order valence-corrected chi connectivity index (χ2v) is 5.07. The summed E-state index contributed by atoms with van der Waals surface area (Å²) in [6.07, 6.45) is 1.21. The Morgan fingerprint density at radius 1 is 1.26 bits per heavy atom. The maximum Gasteiger partial charge on any atom is 0.161 e. The van der Waals surface area contributed by atoms with Gasteiger partial charge in [0.2, 0.25) is 0 Å². The molecule has 1 aromatic rings. The van der Waals surface area contributed by atoms with Crippen LogP contribution in [0.1, 0.15) is 18.9 Å². The number of rotatable bonds is 4. The quantitative estimate of drug-likeness (QED) is 0.900. The fraction of sp³-hybridized carbons (Fsp3) is 0.600. The normalized spacial score (nSPS) is 20.9. The van der Waals surface area contributed by atoms with Crippen molar-refractivity contribution < 1.29 is 9.47 Å². The van der Waals surface area contributed by atoms with Crippen LogP contribution in [0.5, 0.6) is 11.5 Å². The Bertz CT molecular complexity index is 409. The molecule has 0 radical (unpaired) electrons. The van der Waals surface area contributed by atoms with Crippen LogP contribution in [0.25, 0.3) is 0 Å². The molecule has 1 heterocycles. The molecule has 0 spiro atoms. The molecule has 1 aromatic carbocycles. The third kappa shape index (κ3) is 3.61. The molecule has 0 saturated carbocycles. The minimum absolute atomic E-state index is 0.565. The zero-order chi connectivity index (χ0) is 13.7. The van der Waals surface area contributed by atoms with Gasteiger partial charge >= 0.3 is 0 Å². The zero-order valence-corrected chi connectivity index (χ0v) is 12.1. The molecule has 1 N–H and O–H groups in total. The summed E-state index contributed by atoms with van der Waals surface area (Å²) in [5.74, 6) is 1.59. The largest absolute Gasteiger partial charge is 0.493 e. The molecule has 2 rings (SSSR count). The van der Waals surface area contributed by atoms with Gasteiger partial charge in [-0.15, -0.1) is 0 Å². The van der Waals surface area contributed by atoms with Crippen molar-refractivity contribution in [1.82, 2.24) is 10.2 Å². The van der Waals surface area contributed by atoms with E-state index in [-0.39, 0.29) is 0 Å². The van der Waals surface area contributed by atoms with Gasteiger partial charge in [-0.1, -0.05) is 6.07 Å². The van der Waals surface area contributed by atoms with Crippen LogP contribution >= 0.6 is 0 Å². The molecular weight excluding hydrogens is 240 g/mol. The first kappa shape index (κ1) is 14.2. The van der Waals surface area contributed by atoms with E-state index >= 15 is 0 Å². The van der Waals surface area contributed by atoms with Gasteiger partial charge in [-0.3, -0.25) is 4.90 Å². The van der Waals surface area contributed by atoms with Crippen molar-refractivity contribution in [2.75, 3.05) is 33.9 Å². The van der Waals surface area contributed by atoms with E-state index in [0.29, 0.717) is 6.04 Å². The minimum atomic E-state index is 0.565. The predicted molar refractivity (Wildman–Crippen MR) is 76.9 cm³/mol. The maximum atomic E-state index is 5.36. The van der Waals surface area contributed by atoms with E-state index in [1.54, 1.807) is 14.2 Å². The van der Waals surface area contributed by atoms with Crippen molar-refractivity contribution in [2.45, 2.75) is 25.9 Å². The molecule has 106 valence electrons. The lowest BCUT2D eigenvalue weighted by molar-refractivity contribution is 0.213. The van der Waals surface area contributed by atoms with E-state index in [2.05, 4.69) is 29.3 Å². The summed E-state index contributed by atoms with van der Waals surface area (Å²) in [4.78, 5) is 2.52. The van der Waals surface area contributed by atoms with E-state index in [4.69, 9.17) is 9.47 Å². The summed E-state index contributed by atoms with van der Waals surface area (Å²) in [6.45, 7) is 6.56. The Labute approximate surface area is 115 Å². The van der Waals surface area contributed by atoms with Crippen molar-refractivity contribution in [2.24, 2.45) is 0 Å². The highest BCUT2D eigenvalue weighted by molar-refractivity contribution is 5.42. The Kier molecular flexibility index (Phi) is 5.05. The number of hydrogen-bond acceptors (Lipinski definition) is 4. The molecule has 0 aliphatic carbocycles. The van der Waals surface area contributed by atoms with Crippen molar-refractivity contribution in [3.8, 4) is 11.5 Å². The number of methoxy groups -OCH3 is 2. The lowest BCUT2D eigenvalue weighted by Crippen LogP contribution is -2.36. The van der Waals surface area contributed by atoms with Crippen molar-refractivity contribution in [3.63, 3.8) is 0 Å². The molecular formula is C15H24N2O2. The SMILES string of the molecule is COc1ccc(CN2CCCNCC2C)cc1OC. The topological polar surface area (TPSA) is 33.7 Å². The molecule has 1 unspecified atom stereocenters. The van der Waals surface area contributed by atoms with Gasteiger partial charge in [-0.05, 0) is 37.6 Å². The fourth-order valence-electron chi connectivity index (χ4n) is 2.52. The van der Waals surface area contributed by atoms with Gasteiger partial charge in [-0.25, -0.2) is 0 Å². The molecule has 0 amide bonds. The molecule has 1 aliphatic heterocycles. The van der Waals surface area contributed by atoms with Crippen LogP contribution in [0.4, 0.5) is 0 Å². The number of nitrogens with zero attached hydrogens (tertiary/aromatic N) is 1. The Morgan fingerprint density at radius 3 is 2.79 bits per heavy atom. The average molecular weight is 264 g/mol. The third-order valence-electron chi connectivity index (χ3n) is 3.70. The first-order chi connectivity index (χ1) is 9.24. The third-order valence-corrected chi connectivity index (χ3v) is 3.70. The summed E-state index contributed by atoms with van der Waals surface area (Å²) in [5, 5.41) is 3.47. The van der Waals surface area contributed by atoms with E-state index in [9.17, 15) is 0 Å². The van der Waals surface area contributed by atoms with Gasteiger partial charge in [-0.2, -0.15) is 0 Å². The lowest BCUT2D eigenvalue weighted by atomic mass is 10.1. The Balaban J connectivity index is 2.09. The van der Waals surface area contributed by atoms with Crippen LogP contribution in [0.15, 0.2) is 18.2 Å². The average Bonchev–Trinajstić information content (AvgIpc) is 2.64. The molecule has 4 nitrogen and oxygen atoms in total. The van der Waals surface area contributed by atoms with Crippen LogP contribution in [-0.4, -0.2) is 44.8 Å². The van der Waals surface area contributed by atoms with Gasteiger partial charge in [0.1, 0.15) is 0 Å². The van der Waals surface area contributed by atoms with Crippen molar-refractivity contribution in [1.29, 1.82) is 0 Å². The van der Waals surface area contributed by atoms with E-state index in [0.717, 1.165) is 37.7 Å². The van der Waals surface area contributed by atoms with Gasteiger partial charge in [0, 0.05) is 25.7 Å². The highest BCUT2D eigenvalue weighted by Gasteiger charge is 2.17. The number of benzene rings is 1. The molecule has 0 aromatic heterocycles. The van der Waals surface area contributed by atoms with Crippen LogP contribution in [-0.2, 0) is 6.54 Å². The molecule has 1 aliphatic rings. The highest BCUT2D eigenvalue weighted by Crippen LogP contribution is 2.28. The summed E-state index contributed by atoms with van der Waals surface area (Å²) >= 11 is 0. The minimum Gasteiger partial charge on any atom is -0.493 e. The fourth-order valence-corrected chi connectivity index (χ4v) is 2.52. The molecule has 0 bridgehead atoms. The van der Waals surface area contributed by atoms with Gasteiger partial charge in [0.05, 0.1) is 14.2 Å². The molecule has 1 atom stereocenters. The maximum absolute atomic E-state index is 5.36. The number of nitrogens with one attached hydrogen (secondary N) is 1. The zero-order valence-electron chi connectivity index (χ0n) is 12.1. The summed E-state index contributed by atoms with van der Waals surface area (Å²) in [6, 6.07) is 6.74. The Hall–Kier alpha value is -1.26. The summed E-state index contributed by atoms with van der Waals surface area (Å²) < 4.78 is 10.6. The van der Waals surface area contributed by atoms with Crippen molar-refractivity contribution in [3.05, 3.63) is 23.8 Å². The highest BCUT2D eigenvalue weighted by atomic mass is 16.5. The van der Waals surface area contributed by atoms with E-state index in [1.807, 2.05) is 6.07 Å². The van der Waals surface area contributed by atoms with E-state index < -0.39 is 0 Å². The molecule has 4 heteroatoms. The van der Waals surface area contributed by atoms with Crippen molar-refractivity contribution >= 4 is 0 Å².